The van der Waals surface area contributed by atoms with Gasteiger partial charge in [0.05, 0.1) is 0 Å². The molecule has 98 valence electrons. The van der Waals surface area contributed by atoms with Gasteiger partial charge in [-0.05, 0) is 17.8 Å². The number of hydrogen-bond donors (Lipinski definition) is 0. The first kappa shape index (κ1) is 14.5. The first-order valence-electron chi connectivity index (χ1n) is 6.43. The number of hydrogen-bond acceptors (Lipinski definition) is 2. The van der Waals surface area contributed by atoms with Gasteiger partial charge in [0.1, 0.15) is 12.2 Å². The third kappa shape index (κ3) is 4.30. The number of nitrogens with zero attached hydrogens (tertiary/aromatic N) is 3. The molecule has 0 aliphatic heterocycles. The zero-order valence-electron chi connectivity index (χ0n) is 11.4. The van der Waals surface area contributed by atoms with Crippen LogP contribution in [-0.2, 0) is 13.0 Å². The lowest BCUT2D eigenvalue weighted by Crippen LogP contribution is -2.24. The Labute approximate surface area is 110 Å². The fourth-order valence-corrected chi connectivity index (χ4v) is 2.34. The molecule has 0 saturated carbocycles. The highest BCUT2D eigenvalue weighted by Crippen LogP contribution is 2.29. The average molecular weight is 258 g/mol. The summed E-state index contributed by atoms with van der Waals surface area (Å²) in [4.78, 5) is 4.38. The van der Waals surface area contributed by atoms with Crippen molar-refractivity contribution in [2.24, 2.45) is 11.3 Å². The van der Waals surface area contributed by atoms with Crippen molar-refractivity contribution in [2.45, 2.75) is 53.5 Å². The Morgan fingerprint density at radius 2 is 2.18 bits per heavy atom. The maximum atomic E-state index is 6.11. The average Bonchev–Trinajstić information content (AvgIpc) is 2.65. The van der Waals surface area contributed by atoms with Gasteiger partial charge >= 0.3 is 0 Å². The molecule has 0 saturated heterocycles. The fourth-order valence-electron chi connectivity index (χ4n) is 2.11. The smallest absolute Gasteiger partial charge is 0.138 e. The minimum atomic E-state index is 0.137. The van der Waals surface area contributed by atoms with E-state index in [-0.39, 0.29) is 5.41 Å². The summed E-state index contributed by atoms with van der Waals surface area (Å²) in [5.41, 5.74) is 0.137. The van der Waals surface area contributed by atoms with Gasteiger partial charge in [0.2, 0.25) is 0 Å². The third-order valence-electron chi connectivity index (χ3n) is 2.99. The van der Waals surface area contributed by atoms with E-state index in [1.165, 1.54) is 0 Å². The van der Waals surface area contributed by atoms with Crippen molar-refractivity contribution in [3.63, 3.8) is 0 Å². The highest BCUT2D eigenvalue weighted by atomic mass is 35.5. The molecule has 0 aliphatic carbocycles. The summed E-state index contributed by atoms with van der Waals surface area (Å²) < 4.78 is 2.02. The molecule has 0 amide bonds. The SMILES string of the molecule is CCCC(C)(CCl)Cc1ncnn1CC(C)C. The maximum Gasteiger partial charge on any atom is 0.138 e. The van der Waals surface area contributed by atoms with Crippen LogP contribution in [0.3, 0.4) is 0 Å². The Bertz CT molecular complexity index is 335. The first-order chi connectivity index (χ1) is 8.00. The van der Waals surface area contributed by atoms with Crippen LogP contribution in [0, 0.1) is 11.3 Å². The molecule has 0 aromatic carbocycles. The van der Waals surface area contributed by atoms with Crippen molar-refractivity contribution in [1.82, 2.24) is 14.8 Å². The first-order valence-corrected chi connectivity index (χ1v) is 6.97. The van der Waals surface area contributed by atoms with Crippen molar-refractivity contribution >= 4 is 11.6 Å². The summed E-state index contributed by atoms with van der Waals surface area (Å²) in [6, 6.07) is 0. The highest BCUT2D eigenvalue weighted by Gasteiger charge is 2.25. The van der Waals surface area contributed by atoms with Gasteiger partial charge in [-0.1, -0.05) is 34.1 Å². The second-order valence-corrected chi connectivity index (χ2v) is 5.89. The van der Waals surface area contributed by atoms with Crippen LogP contribution in [0.5, 0.6) is 0 Å². The zero-order valence-corrected chi connectivity index (χ0v) is 12.2. The molecular formula is C13H24ClN3. The Morgan fingerprint density at radius 3 is 2.71 bits per heavy atom. The van der Waals surface area contributed by atoms with E-state index in [4.69, 9.17) is 11.6 Å². The normalized spacial score (nSPS) is 15.2. The van der Waals surface area contributed by atoms with E-state index in [0.717, 1.165) is 31.6 Å². The molecule has 3 nitrogen and oxygen atoms in total. The van der Waals surface area contributed by atoms with Gasteiger partial charge in [0, 0.05) is 18.8 Å². The summed E-state index contributed by atoms with van der Waals surface area (Å²) >= 11 is 6.11. The molecule has 0 radical (unpaired) electrons. The van der Waals surface area contributed by atoms with Crippen molar-refractivity contribution in [1.29, 1.82) is 0 Å². The van der Waals surface area contributed by atoms with Gasteiger partial charge in [-0.2, -0.15) is 5.10 Å². The lowest BCUT2D eigenvalue weighted by Gasteiger charge is -2.26. The van der Waals surface area contributed by atoms with Crippen LogP contribution in [0.25, 0.3) is 0 Å². The van der Waals surface area contributed by atoms with Crippen molar-refractivity contribution in [2.75, 3.05) is 5.88 Å². The van der Waals surface area contributed by atoms with Crippen molar-refractivity contribution < 1.29 is 0 Å². The Morgan fingerprint density at radius 1 is 1.47 bits per heavy atom. The Balaban J connectivity index is 2.76. The van der Waals surface area contributed by atoms with Gasteiger partial charge < -0.3 is 0 Å². The summed E-state index contributed by atoms with van der Waals surface area (Å²) in [7, 11) is 0. The molecule has 0 spiro atoms. The van der Waals surface area contributed by atoms with E-state index in [0.29, 0.717) is 11.8 Å². The number of rotatable bonds is 7. The molecule has 1 rings (SSSR count). The molecule has 0 N–H and O–H groups in total. The second-order valence-electron chi connectivity index (χ2n) is 5.62. The maximum absolute atomic E-state index is 6.11. The van der Waals surface area contributed by atoms with Crippen LogP contribution >= 0.6 is 11.6 Å². The highest BCUT2D eigenvalue weighted by molar-refractivity contribution is 6.18. The monoisotopic (exact) mass is 257 g/mol. The van der Waals surface area contributed by atoms with Gasteiger partial charge in [-0.3, -0.25) is 0 Å². The van der Waals surface area contributed by atoms with E-state index >= 15 is 0 Å². The van der Waals surface area contributed by atoms with Crippen molar-refractivity contribution in [3.8, 4) is 0 Å². The van der Waals surface area contributed by atoms with E-state index in [1.54, 1.807) is 6.33 Å². The fraction of sp³-hybridized carbons (Fsp3) is 0.846. The van der Waals surface area contributed by atoms with Gasteiger partial charge in [-0.15, -0.1) is 11.6 Å². The van der Waals surface area contributed by atoms with E-state index in [1.807, 2.05) is 4.68 Å². The summed E-state index contributed by atoms with van der Waals surface area (Å²) in [6.45, 7) is 9.75. The van der Waals surface area contributed by atoms with E-state index < -0.39 is 0 Å². The number of aromatic nitrogens is 3. The van der Waals surface area contributed by atoms with Crippen LogP contribution < -0.4 is 0 Å². The second kappa shape index (κ2) is 6.39. The lowest BCUT2D eigenvalue weighted by atomic mass is 9.84. The topological polar surface area (TPSA) is 30.7 Å². The van der Waals surface area contributed by atoms with Crippen LogP contribution in [0.2, 0.25) is 0 Å². The lowest BCUT2D eigenvalue weighted by molar-refractivity contribution is 0.316. The molecule has 0 aliphatic rings. The summed E-state index contributed by atoms with van der Waals surface area (Å²) in [6.07, 6.45) is 4.85. The molecule has 1 unspecified atom stereocenters. The Kier molecular flexibility index (Phi) is 5.44. The molecule has 4 heteroatoms. The minimum Gasteiger partial charge on any atom is -0.250 e. The molecular weight excluding hydrogens is 234 g/mol. The standard InChI is InChI=1S/C13H24ClN3/c1-5-6-13(4,9-14)7-12-15-10-16-17(12)8-11(2)3/h10-11H,5-9H2,1-4H3. The summed E-state index contributed by atoms with van der Waals surface area (Å²) in [5, 5.41) is 4.30. The molecule has 0 fully saturated rings. The van der Waals surface area contributed by atoms with Gasteiger partial charge in [-0.25, -0.2) is 9.67 Å². The predicted octanol–water partition coefficient (Wildman–Crippen LogP) is 3.52. The Hall–Kier alpha value is -0.570. The van der Waals surface area contributed by atoms with Crippen molar-refractivity contribution in [3.05, 3.63) is 12.2 Å². The van der Waals surface area contributed by atoms with E-state index in [9.17, 15) is 0 Å². The molecule has 1 aromatic heterocycles. The summed E-state index contributed by atoms with van der Waals surface area (Å²) in [5.74, 6) is 2.33. The van der Waals surface area contributed by atoms with Gasteiger partial charge in [0.25, 0.3) is 0 Å². The van der Waals surface area contributed by atoms with Crippen LogP contribution in [0.1, 0.15) is 46.4 Å². The molecule has 1 atom stereocenters. The molecule has 17 heavy (non-hydrogen) atoms. The van der Waals surface area contributed by atoms with Crippen LogP contribution in [-0.4, -0.2) is 20.6 Å². The van der Waals surface area contributed by atoms with E-state index in [2.05, 4.69) is 37.8 Å². The zero-order chi connectivity index (χ0) is 12.9. The quantitative estimate of drug-likeness (QED) is 0.700. The largest absolute Gasteiger partial charge is 0.250 e. The van der Waals surface area contributed by atoms with Crippen LogP contribution in [0.4, 0.5) is 0 Å². The van der Waals surface area contributed by atoms with Gasteiger partial charge in [0.15, 0.2) is 0 Å². The molecule has 0 bridgehead atoms. The number of halogens is 1. The molecule has 1 heterocycles. The number of alkyl halides is 1. The predicted molar refractivity (Wildman–Crippen MR) is 72.3 cm³/mol. The minimum absolute atomic E-state index is 0.137. The van der Waals surface area contributed by atoms with Crippen LogP contribution in [0.15, 0.2) is 6.33 Å². The molecule has 1 aromatic rings. The third-order valence-corrected chi connectivity index (χ3v) is 3.64.